The van der Waals surface area contributed by atoms with Crippen LogP contribution in [0.25, 0.3) is 0 Å². The Labute approximate surface area is 117 Å². The van der Waals surface area contributed by atoms with Crippen molar-refractivity contribution >= 4 is 5.69 Å². The highest BCUT2D eigenvalue weighted by molar-refractivity contribution is 5.49. The summed E-state index contributed by atoms with van der Waals surface area (Å²) in [5.74, 6) is 0.631. The van der Waals surface area contributed by atoms with Crippen LogP contribution in [0.1, 0.15) is 32.6 Å². The van der Waals surface area contributed by atoms with Gasteiger partial charge in [0.1, 0.15) is 5.75 Å². The van der Waals surface area contributed by atoms with Crippen molar-refractivity contribution in [2.45, 2.75) is 39.0 Å². The van der Waals surface area contributed by atoms with Crippen LogP contribution in [0.15, 0.2) is 24.3 Å². The van der Waals surface area contributed by atoms with Gasteiger partial charge >= 0.3 is 6.36 Å². The molecule has 1 aliphatic rings. The molecule has 0 aliphatic carbocycles. The van der Waals surface area contributed by atoms with Crippen molar-refractivity contribution in [1.82, 2.24) is 0 Å². The minimum Gasteiger partial charge on any atom is -0.406 e. The first-order valence-electron chi connectivity index (χ1n) is 7.08. The minimum absolute atomic E-state index is 0.165. The average molecular weight is 287 g/mol. The maximum atomic E-state index is 12.1. The summed E-state index contributed by atoms with van der Waals surface area (Å²) < 4.78 is 40.1. The molecule has 0 spiro atoms. The Morgan fingerprint density at radius 3 is 2.25 bits per heavy atom. The maximum Gasteiger partial charge on any atom is 0.573 e. The number of ether oxygens (including phenoxy) is 1. The molecule has 0 atom stereocenters. The van der Waals surface area contributed by atoms with E-state index in [4.69, 9.17) is 0 Å². The van der Waals surface area contributed by atoms with Gasteiger partial charge in [0.05, 0.1) is 0 Å². The van der Waals surface area contributed by atoms with Gasteiger partial charge in [0, 0.05) is 18.8 Å². The van der Waals surface area contributed by atoms with Gasteiger partial charge in [-0.25, -0.2) is 0 Å². The van der Waals surface area contributed by atoms with Crippen molar-refractivity contribution in [3.05, 3.63) is 24.3 Å². The predicted molar refractivity (Wildman–Crippen MR) is 73.0 cm³/mol. The number of piperidine rings is 1. The van der Waals surface area contributed by atoms with E-state index in [1.54, 1.807) is 12.1 Å². The molecule has 112 valence electrons. The van der Waals surface area contributed by atoms with Crippen molar-refractivity contribution < 1.29 is 17.9 Å². The van der Waals surface area contributed by atoms with E-state index in [2.05, 4.69) is 16.6 Å². The first-order chi connectivity index (χ1) is 9.48. The lowest BCUT2D eigenvalue weighted by Gasteiger charge is -2.33. The third-order valence-corrected chi connectivity index (χ3v) is 3.75. The van der Waals surface area contributed by atoms with Crippen LogP contribution in [-0.2, 0) is 0 Å². The number of benzene rings is 1. The molecule has 1 aromatic rings. The van der Waals surface area contributed by atoms with Gasteiger partial charge < -0.3 is 9.64 Å². The molecule has 0 unspecified atom stereocenters. The molecule has 20 heavy (non-hydrogen) atoms. The van der Waals surface area contributed by atoms with Gasteiger partial charge in [-0.05, 0) is 43.0 Å². The van der Waals surface area contributed by atoms with Crippen LogP contribution in [0.3, 0.4) is 0 Å². The SMILES string of the molecule is CCCC1CCN(c2ccc(OC(F)(F)F)cc2)CC1. The van der Waals surface area contributed by atoms with Crippen LogP contribution >= 0.6 is 0 Å². The van der Waals surface area contributed by atoms with E-state index in [-0.39, 0.29) is 5.75 Å². The Balaban J connectivity index is 1.91. The van der Waals surface area contributed by atoms with Crippen molar-refractivity contribution in [2.75, 3.05) is 18.0 Å². The van der Waals surface area contributed by atoms with E-state index in [1.165, 1.54) is 25.0 Å². The van der Waals surface area contributed by atoms with Crippen LogP contribution < -0.4 is 9.64 Å². The Bertz CT molecular complexity index is 408. The Hall–Kier alpha value is -1.39. The van der Waals surface area contributed by atoms with Gasteiger partial charge in [-0.1, -0.05) is 19.8 Å². The molecule has 0 aromatic heterocycles. The summed E-state index contributed by atoms with van der Waals surface area (Å²) in [7, 11) is 0. The predicted octanol–water partition coefficient (Wildman–Crippen LogP) is 4.60. The van der Waals surface area contributed by atoms with E-state index in [9.17, 15) is 13.2 Å². The first-order valence-corrected chi connectivity index (χ1v) is 7.08. The molecule has 1 saturated heterocycles. The topological polar surface area (TPSA) is 12.5 Å². The average Bonchev–Trinajstić information content (AvgIpc) is 2.39. The third kappa shape index (κ3) is 4.32. The quantitative estimate of drug-likeness (QED) is 0.802. The summed E-state index contributed by atoms with van der Waals surface area (Å²) in [5.41, 5.74) is 0.967. The molecule has 2 nitrogen and oxygen atoms in total. The summed E-state index contributed by atoms with van der Waals surface area (Å²) in [4.78, 5) is 2.23. The highest BCUT2D eigenvalue weighted by Gasteiger charge is 2.31. The van der Waals surface area contributed by atoms with E-state index >= 15 is 0 Å². The fraction of sp³-hybridized carbons (Fsp3) is 0.600. The van der Waals surface area contributed by atoms with E-state index in [0.29, 0.717) is 0 Å². The fourth-order valence-corrected chi connectivity index (χ4v) is 2.75. The zero-order valence-electron chi connectivity index (χ0n) is 11.6. The number of anilines is 1. The summed E-state index contributed by atoms with van der Waals surface area (Å²) in [6.45, 7) is 4.15. The largest absolute Gasteiger partial charge is 0.573 e. The zero-order valence-corrected chi connectivity index (χ0v) is 11.6. The van der Waals surface area contributed by atoms with E-state index in [1.807, 2.05) is 0 Å². The van der Waals surface area contributed by atoms with Crippen LogP contribution in [0.5, 0.6) is 5.75 Å². The second-order valence-corrected chi connectivity index (χ2v) is 5.26. The van der Waals surface area contributed by atoms with E-state index in [0.717, 1.165) is 37.5 Å². The molecule has 5 heteroatoms. The zero-order chi connectivity index (χ0) is 14.6. The molecule has 1 heterocycles. The highest BCUT2D eigenvalue weighted by atomic mass is 19.4. The highest BCUT2D eigenvalue weighted by Crippen LogP contribution is 2.28. The Kier molecular flexibility index (Phi) is 4.78. The Morgan fingerprint density at radius 1 is 1.15 bits per heavy atom. The van der Waals surface area contributed by atoms with Crippen molar-refractivity contribution in [3.63, 3.8) is 0 Å². The molecule has 1 aliphatic heterocycles. The number of hydrogen-bond acceptors (Lipinski definition) is 2. The van der Waals surface area contributed by atoms with Crippen LogP contribution in [0.2, 0.25) is 0 Å². The monoisotopic (exact) mass is 287 g/mol. The lowest BCUT2D eigenvalue weighted by Crippen LogP contribution is -2.33. The Morgan fingerprint density at radius 2 is 1.75 bits per heavy atom. The normalized spacial score (nSPS) is 17.3. The molecule has 0 saturated carbocycles. The molecule has 0 amide bonds. The van der Waals surface area contributed by atoms with Gasteiger partial charge in [0.15, 0.2) is 0 Å². The molecule has 0 radical (unpaired) electrons. The summed E-state index contributed by atoms with van der Waals surface area (Å²) in [6.07, 6.45) is 0.184. The molecular weight excluding hydrogens is 267 g/mol. The van der Waals surface area contributed by atoms with Crippen LogP contribution in [0.4, 0.5) is 18.9 Å². The lowest BCUT2D eigenvalue weighted by molar-refractivity contribution is -0.274. The molecule has 1 aromatic carbocycles. The molecule has 1 fully saturated rings. The molecule has 2 rings (SSSR count). The van der Waals surface area contributed by atoms with Gasteiger partial charge in [-0.15, -0.1) is 13.2 Å². The van der Waals surface area contributed by atoms with Gasteiger partial charge in [-0.2, -0.15) is 0 Å². The summed E-state index contributed by atoms with van der Waals surface area (Å²) >= 11 is 0. The second-order valence-electron chi connectivity index (χ2n) is 5.26. The molecule has 0 bridgehead atoms. The van der Waals surface area contributed by atoms with Crippen molar-refractivity contribution in [1.29, 1.82) is 0 Å². The third-order valence-electron chi connectivity index (χ3n) is 3.75. The number of halogens is 3. The van der Waals surface area contributed by atoms with Gasteiger partial charge in [0.2, 0.25) is 0 Å². The number of hydrogen-bond donors (Lipinski definition) is 0. The molecule has 0 N–H and O–H groups in total. The number of alkyl halides is 3. The first kappa shape index (κ1) is 15.0. The number of rotatable bonds is 4. The molecular formula is C15H20F3NO. The van der Waals surface area contributed by atoms with Crippen LogP contribution in [0, 0.1) is 5.92 Å². The van der Waals surface area contributed by atoms with Crippen molar-refractivity contribution in [3.8, 4) is 5.75 Å². The maximum absolute atomic E-state index is 12.1. The van der Waals surface area contributed by atoms with E-state index < -0.39 is 6.36 Å². The fourth-order valence-electron chi connectivity index (χ4n) is 2.75. The van der Waals surface area contributed by atoms with Gasteiger partial charge in [0.25, 0.3) is 0 Å². The summed E-state index contributed by atoms with van der Waals surface area (Å²) in [5, 5.41) is 0. The summed E-state index contributed by atoms with van der Waals surface area (Å²) in [6, 6.07) is 6.14. The number of nitrogens with zero attached hydrogens (tertiary/aromatic N) is 1. The minimum atomic E-state index is -4.62. The van der Waals surface area contributed by atoms with Crippen molar-refractivity contribution in [2.24, 2.45) is 5.92 Å². The van der Waals surface area contributed by atoms with Crippen LogP contribution in [-0.4, -0.2) is 19.5 Å². The second kappa shape index (κ2) is 6.37. The smallest absolute Gasteiger partial charge is 0.406 e. The van der Waals surface area contributed by atoms with Gasteiger partial charge in [-0.3, -0.25) is 0 Å². The lowest BCUT2D eigenvalue weighted by atomic mass is 9.92. The standard InChI is InChI=1S/C15H20F3NO/c1-2-3-12-8-10-19(11-9-12)13-4-6-14(7-5-13)20-15(16,17)18/h4-7,12H,2-3,8-11H2,1H3.